The molecule has 1 aromatic heterocycles. The molecule has 10 heteroatoms. The molecule has 2 aliphatic heterocycles. The minimum Gasteiger partial charge on any atom is -0.444 e. The summed E-state index contributed by atoms with van der Waals surface area (Å²) >= 11 is 1.01. The van der Waals surface area contributed by atoms with Gasteiger partial charge in [-0.1, -0.05) is 24.3 Å². The van der Waals surface area contributed by atoms with Gasteiger partial charge < -0.3 is 4.74 Å². The topological polar surface area (TPSA) is 92.7 Å². The van der Waals surface area contributed by atoms with E-state index >= 15 is 0 Å². The number of cyclic esters (lactones) is 1. The number of nitrogens with zero attached hydrogens (tertiary/aromatic N) is 4. The van der Waals surface area contributed by atoms with Gasteiger partial charge in [0.05, 0.1) is 17.4 Å². The lowest BCUT2D eigenvalue weighted by Gasteiger charge is -2.39. The number of hydrogen-bond donors (Lipinski definition) is 0. The van der Waals surface area contributed by atoms with Gasteiger partial charge in [0.15, 0.2) is 0 Å². The Morgan fingerprint density at radius 3 is 2.67 bits per heavy atom. The van der Waals surface area contributed by atoms with Crippen LogP contribution in [0, 0.1) is 6.92 Å². The number of fused-ring (bicyclic) bond motifs is 2. The largest absolute Gasteiger partial charge is 0.444 e. The average molecular weight is 445 g/mol. The van der Waals surface area contributed by atoms with E-state index in [1.165, 1.54) is 4.31 Å². The molecule has 0 unspecified atom stereocenters. The third-order valence-electron chi connectivity index (χ3n) is 5.76. The van der Waals surface area contributed by atoms with Gasteiger partial charge in [0.1, 0.15) is 22.5 Å². The van der Waals surface area contributed by atoms with E-state index in [-0.39, 0.29) is 23.6 Å². The molecule has 2 aromatic carbocycles. The number of carbonyl (C=O) groups excluding carboxylic acids is 1. The molecule has 0 N–H and O–H groups in total. The maximum absolute atomic E-state index is 13.4. The molecule has 0 saturated carbocycles. The van der Waals surface area contributed by atoms with Crippen LogP contribution in [0.25, 0.3) is 11.0 Å². The van der Waals surface area contributed by atoms with Crippen molar-refractivity contribution in [1.82, 2.24) is 13.1 Å². The number of aromatic nitrogens is 2. The number of anilines is 1. The minimum atomic E-state index is -3.71. The summed E-state index contributed by atoms with van der Waals surface area (Å²) < 4.78 is 42.1. The Balaban J connectivity index is 1.41. The Hall–Kier alpha value is -2.56. The van der Waals surface area contributed by atoms with E-state index in [1.807, 2.05) is 24.3 Å². The van der Waals surface area contributed by atoms with Gasteiger partial charge >= 0.3 is 6.09 Å². The fourth-order valence-electron chi connectivity index (χ4n) is 4.25. The predicted octanol–water partition coefficient (Wildman–Crippen LogP) is 3.31. The van der Waals surface area contributed by atoms with Gasteiger partial charge in [-0.05, 0) is 37.5 Å². The summed E-state index contributed by atoms with van der Waals surface area (Å²) in [7, 11) is -3.71. The summed E-state index contributed by atoms with van der Waals surface area (Å²) in [5.41, 5.74) is 3.49. The first-order valence-corrected chi connectivity index (χ1v) is 11.9. The van der Waals surface area contributed by atoms with Crippen molar-refractivity contribution in [3.05, 3.63) is 47.5 Å². The van der Waals surface area contributed by atoms with Crippen molar-refractivity contribution in [2.75, 3.05) is 18.0 Å². The summed E-state index contributed by atoms with van der Waals surface area (Å²) in [6.07, 6.45) is 0.698. The lowest BCUT2D eigenvalue weighted by molar-refractivity contribution is 0.136. The average Bonchev–Trinajstić information content (AvgIpc) is 3.22. The van der Waals surface area contributed by atoms with Crippen LogP contribution in [0.1, 0.15) is 24.0 Å². The van der Waals surface area contributed by atoms with Gasteiger partial charge in [0, 0.05) is 24.7 Å². The van der Waals surface area contributed by atoms with E-state index in [0.717, 1.165) is 23.0 Å². The smallest absolute Gasteiger partial charge is 0.414 e. The zero-order valence-electron chi connectivity index (χ0n) is 16.3. The molecule has 3 heterocycles. The molecule has 30 heavy (non-hydrogen) atoms. The summed E-state index contributed by atoms with van der Waals surface area (Å²) in [6.45, 7) is 2.70. The van der Waals surface area contributed by atoms with Crippen LogP contribution in [0.15, 0.2) is 41.3 Å². The molecule has 0 radical (unpaired) electrons. The zero-order chi connectivity index (χ0) is 20.9. The summed E-state index contributed by atoms with van der Waals surface area (Å²) in [6, 6.07) is 11.1. The summed E-state index contributed by atoms with van der Waals surface area (Å²) in [5, 5.41) is 0. The molecule has 0 bridgehead atoms. The predicted molar refractivity (Wildman–Crippen MR) is 113 cm³/mol. The number of benzene rings is 2. The first kappa shape index (κ1) is 19.4. The molecule has 3 aromatic rings. The van der Waals surface area contributed by atoms with Crippen molar-refractivity contribution in [3.63, 3.8) is 0 Å². The van der Waals surface area contributed by atoms with Crippen molar-refractivity contribution >= 4 is 44.6 Å². The van der Waals surface area contributed by atoms with Crippen molar-refractivity contribution in [2.45, 2.75) is 37.3 Å². The molecule has 0 atom stereocenters. The quantitative estimate of drug-likeness (QED) is 0.615. The maximum atomic E-state index is 13.4. The third-order valence-corrected chi connectivity index (χ3v) is 8.38. The molecule has 1 saturated heterocycles. The monoisotopic (exact) mass is 444 g/mol. The number of amides is 1. The first-order chi connectivity index (χ1) is 14.5. The SMILES string of the molecule is Cc1ccc2nsnc2c1S(=O)(=O)N1CCC(N2C(=O)OCc3ccccc32)CC1. The van der Waals surface area contributed by atoms with Crippen LogP contribution in [0.5, 0.6) is 0 Å². The second-order valence-electron chi connectivity index (χ2n) is 7.53. The Morgan fingerprint density at radius 1 is 1.10 bits per heavy atom. The highest BCUT2D eigenvalue weighted by molar-refractivity contribution is 7.89. The molecular formula is C20H20N4O4S2. The van der Waals surface area contributed by atoms with Crippen LogP contribution in [0.2, 0.25) is 0 Å². The third kappa shape index (κ3) is 3.06. The minimum absolute atomic E-state index is 0.108. The van der Waals surface area contributed by atoms with Crippen LogP contribution in [0.3, 0.4) is 0 Å². The highest BCUT2D eigenvalue weighted by atomic mass is 32.2. The molecule has 0 aliphatic carbocycles. The maximum Gasteiger partial charge on any atom is 0.414 e. The number of carbonyl (C=O) groups is 1. The molecular weight excluding hydrogens is 424 g/mol. The lowest BCUT2D eigenvalue weighted by atomic mass is 10.0. The van der Waals surface area contributed by atoms with E-state index in [2.05, 4.69) is 8.75 Å². The number of ether oxygens (including phenoxy) is 1. The molecule has 8 nitrogen and oxygen atoms in total. The molecule has 5 rings (SSSR count). The van der Waals surface area contributed by atoms with E-state index in [1.54, 1.807) is 24.0 Å². The lowest BCUT2D eigenvalue weighted by Crippen LogP contribution is -2.50. The molecule has 1 amide bonds. The van der Waals surface area contributed by atoms with Crippen molar-refractivity contribution < 1.29 is 17.9 Å². The van der Waals surface area contributed by atoms with Crippen LogP contribution >= 0.6 is 11.7 Å². The van der Waals surface area contributed by atoms with Crippen LogP contribution < -0.4 is 4.90 Å². The van der Waals surface area contributed by atoms with E-state index in [4.69, 9.17) is 4.74 Å². The van der Waals surface area contributed by atoms with Crippen molar-refractivity contribution in [3.8, 4) is 0 Å². The van der Waals surface area contributed by atoms with Gasteiger partial charge in [-0.25, -0.2) is 13.2 Å². The van der Waals surface area contributed by atoms with E-state index in [9.17, 15) is 13.2 Å². The summed E-state index contributed by atoms with van der Waals surface area (Å²) in [5.74, 6) is 0. The van der Waals surface area contributed by atoms with Crippen molar-refractivity contribution in [2.24, 2.45) is 0 Å². The van der Waals surface area contributed by atoms with Gasteiger partial charge in [0.2, 0.25) is 10.0 Å². The van der Waals surface area contributed by atoms with Crippen molar-refractivity contribution in [1.29, 1.82) is 0 Å². The second kappa shape index (κ2) is 7.29. The number of aryl methyl sites for hydroxylation is 1. The fraction of sp³-hybridized carbons (Fsp3) is 0.350. The number of para-hydroxylation sites is 1. The Kier molecular flexibility index (Phi) is 4.72. The first-order valence-electron chi connectivity index (χ1n) is 9.73. The number of piperidine rings is 1. The number of hydrogen-bond acceptors (Lipinski definition) is 7. The number of rotatable bonds is 3. The summed E-state index contributed by atoms with van der Waals surface area (Å²) in [4.78, 5) is 14.4. The van der Waals surface area contributed by atoms with Gasteiger partial charge in [-0.15, -0.1) is 0 Å². The molecule has 1 fully saturated rings. The van der Waals surface area contributed by atoms with E-state index in [0.29, 0.717) is 42.5 Å². The van der Waals surface area contributed by atoms with Gasteiger partial charge in [-0.3, -0.25) is 4.90 Å². The number of sulfonamides is 1. The fourth-order valence-corrected chi connectivity index (χ4v) is 6.66. The van der Waals surface area contributed by atoms with Gasteiger partial charge in [0.25, 0.3) is 0 Å². The second-order valence-corrected chi connectivity index (χ2v) is 9.94. The molecule has 0 spiro atoms. The highest BCUT2D eigenvalue weighted by Crippen LogP contribution is 2.34. The van der Waals surface area contributed by atoms with Crippen LogP contribution in [0.4, 0.5) is 10.5 Å². The van der Waals surface area contributed by atoms with Gasteiger partial charge in [-0.2, -0.15) is 13.1 Å². The molecule has 156 valence electrons. The highest BCUT2D eigenvalue weighted by Gasteiger charge is 2.38. The Morgan fingerprint density at radius 2 is 1.87 bits per heavy atom. The Labute approximate surface area is 178 Å². The van der Waals surface area contributed by atoms with Crippen LogP contribution in [-0.4, -0.2) is 46.7 Å². The zero-order valence-corrected chi connectivity index (χ0v) is 17.9. The molecule has 2 aliphatic rings. The Bertz CT molecular complexity index is 1230. The van der Waals surface area contributed by atoms with E-state index < -0.39 is 10.0 Å². The standard InChI is InChI=1S/C20H20N4O4S2/c1-13-6-7-16-18(22-29-21-16)19(13)30(26,27)23-10-8-15(9-11-23)24-17-5-3-2-4-14(17)12-28-20(24)25/h2-7,15H,8-12H2,1H3. The van der Waals surface area contributed by atoms with Crippen LogP contribution in [-0.2, 0) is 21.4 Å². The normalized spacial score (nSPS) is 18.4.